The molecule has 1 aromatic heterocycles. The molecule has 6 heteroatoms. The summed E-state index contributed by atoms with van der Waals surface area (Å²) < 4.78 is 26.6. The Labute approximate surface area is 112 Å². The van der Waals surface area contributed by atoms with E-state index in [4.69, 9.17) is 0 Å². The zero-order valence-corrected chi connectivity index (χ0v) is 11.3. The minimum Gasteiger partial charge on any atom is -0.316 e. The molecule has 2 aromatic rings. The molecule has 100 valence electrons. The molecule has 2 N–H and O–H groups in total. The van der Waals surface area contributed by atoms with E-state index < -0.39 is 10.0 Å². The monoisotopic (exact) mass is 277 g/mol. The van der Waals surface area contributed by atoms with Crippen molar-refractivity contribution in [3.05, 3.63) is 54.2 Å². The number of sulfonamides is 1. The molecule has 0 unspecified atom stereocenters. The molecule has 1 heterocycles. The summed E-state index contributed by atoms with van der Waals surface area (Å²) in [6.07, 6.45) is 1.55. The van der Waals surface area contributed by atoms with E-state index in [0.717, 1.165) is 5.56 Å². The van der Waals surface area contributed by atoms with Crippen LogP contribution in [-0.2, 0) is 16.6 Å². The molecule has 0 spiro atoms. The molecular formula is C13H15N3O2S. The van der Waals surface area contributed by atoms with E-state index in [0.29, 0.717) is 12.2 Å². The molecule has 2 rings (SSSR count). The summed E-state index contributed by atoms with van der Waals surface area (Å²) in [4.78, 5) is 3.97. The molecule has 0 aliphatic rings. The molecule has 0 amide bonds. The first-order valence-electron chi connectivity index (χ1n) is 5.79. The fraction of sp³-hybridized carbons (Fsp3) is 0.154. The van der Waals surface area contributed by atoms with Crippen molar-refractivity contribution in [2.45, 2.75) is 11.6 Å². The molecule has 0 bridgehead atoms. The number of rotatable bonds is 5. The van der Waals surface area contributed by atoms with Gasteiger partial charge >= 0.3 is 0 Å². The van der Waals surface area contributed by atoms with Crippen LogP contribution in [0.2, 0.25) is 0 Å². The standard InChI is InChI=1S/C13H15N3O2S/c1-14-9-11-7-8-13(15-10-11)19(17,18)16-12-5-3-2-4-6-12/h2-8,10,14,16H,9H2,1H3. The maximum atomic E-state index is 12.1. The number of nitrogens with zero attached hydrogens (tertiary/aromatic N) is 1. The van der Waals surface area contributed by atoms with Crippen LogP contribution in [-0.4, -0.2) is 20.4 Å². The lowest BCUT2D eigenvalue weighted by molar-refractivity contribution is 0.597. The van der Waals surface area contributed by atoms with Crippen LogP contribution < -0.4 is 10.0 Å². The predicted octanol–water partition coefficient (Wildman–Crippen LogP) is 1.60. The molecule has 0 atom stereocenters. The van der Waals surface area contributed by atoms with Gasteiger partial charge in [0, 0.05) is 18.4 Å². The maximum absolute atomic E-state index is 12.1. The maximum Gasteiger partial charge on any atom is 0.279 e. The number of hydrogen-bond acceptors (Lipinski definition) is 4. The Morgan fingerprint density at radius 1 is 1.11 bits per heavy atom. The zero-order valence-electron chi connectivity index (χ0n) is 10.5. The number of hydrogen-bond donors (Lipinski definition) is 2. The van der Waals surface area contributed by atoms with Crippen molar-refractivity contribution in [2.24, 2.45) is 0 Å². The third kappa shape index (κ3) is 3.52. The normalized spacial score (nSPS) is 11.2. The number of nitrogens with one attached hydrogen (secondary N) is 2. The van der Waals surface area contributed by atoms with Crippen LogP contribution >= 0.6 is 0 Å². The molecular weight excluding hydrogens is 262 g/mol. The zero-order chi connectivity index (χ0) is 13.7. The van der Waals surface area contributed by atoms with Crippen LogP contribution in [0.15, 0.2) is 53.7 Å². The molecule has 1 aromatic carbocycles. The number of benzene rings is 1. The average Bonchev–Trinajstić information content (AvgIpc) is 2.40. The van der Waals surface area contributed by atoms with Crippen molar-refractivity contribution in [3.8, 4) is 0 Å². The Hall–Kier alpha value is -1.92. The number of para-hydroxylation sites is 1. The third-order valence-electron chi connectivity index (χ3n) is 2.48. The SMILES string of the molecule is CNCc1ccc(S(=O)(=O)Nc2ccccc2)nc1. The predicted molar refractivity (Wildman–Crippen MR) is 74.3 cm³/mol. The van der Waals surface area contributed by atoms with E-state index in [1.807, 2.05) is 13.1 Å². The fourth-order valence-electron chi connectivity index (χ4n) is 1.59. The van der Waals surface area contributed by atoms with Gasteiger partial charge in [0.1, 0.15) is 0 Å². The van der Waals surface area contributed by atoms with Crippen LogP contribution in [0.4, 0.5) is 5.69 Å². The van der Waals surface area contributed by atoms with E-state index in [9.17, 15) is 8.42 Å². The van der Waals surface area contributed by atoms with Gasteiger partial charge in [-0.2, -0.15) is 8.42 Å². The summed E-state index contributed by atoms with van der Waals surface area (Å²) >= 11 is 0. The number of aromatic nitrogens is 1. The minimum absolute atomic E-state index is 0.0104. The highest BCUT2D eigenvalue weighted by Crippen LogP contribution is 2.13. The smallest absolute Gasteiger partial charge is 0.279 e. The first kappa shape index (κ1) is 13.5. The Morgan fingerprint density at radius 2 is 1.84 bits per heavy atom. The van der Waals surface area contributed by atoms with Crippen molar-refractivity contribution < 1.29 is 8.42 Å². The average molecular weight is 277 g/mol. The third-order valence-corrected chi connectivity index (χ3v) is 3.78. The lowest BCUT2D eigenvalue weighted by Gasteiger charge is -2.07. The summed E-state index contributed by atoms with van der Waals surface area (Å²) in [5, 5.41) is 2.99. The van der Waals surface area contributed by atoms with Crippen molar-refractivity contribution in [2.75, 3.05) is 11.8 Å². The summed E-state index contributed by atoms with van der Waals surface area (Å²) in [7, 11) is -1.81. The van der Waals surface area contributed by atoms with Gasteiger partial charge in [0.2, 0.25) is 0 Å². The Balaban J connectivity index is 2.20. The fourth-order valence-corrected chi connectivity index (χ4v) is 2.58. The molecule has 0 saturated carbocycles. The van der Waals surface area contributed by atoms with Crippen molar-refractivity contribution >= 4 is 15.7 Å². The van der Waals surface area contributed by atoms with Gasteiger partial charge in [-0.15, -0.1) is 0 Å². The largest absolute Gasteiger partial charge is 0.316 e. The van der Waals surface area contributed by atoms with Gasteiger partial charge in [-0.25, -0.2) is 4.98 Å². The van der Waals surface area contributed by atoms with E-state index >= 15 is 0 Å². The van der Waals surface area contributed by atoms with Gasteiger partial charge in [0.25, 0.3) is 10.0 Å². The van der Waals surface area contributed by atoms with Crippen LogP contribution in [0.25, 0.3) is 0 Å². The van der Waals surface area contributed by atoms with Gasteiger partial charge in [0.05, 0.1) is 0 Å². The van der Waals surface area contributed by atoms with Crippen LogP contribution in [0.3, 0.4) is 0 Å². The highest BCUT2D eigenvalue weighted by molar-refractivity contribution is 7.92. The molecule has 0 radical (unpaired) electrons. The second-order valence-corrected chi connectivity index (χ2v) is 5.64. The molecule has 5 nitrogen and oxygen atoms in total. The Kier molecular flexibility index (Phi) is 4.13. The second kappa shape index (κ2) is 5.81. The molecule has 0 fully saturated rings. The molecule has 19 heavy (non-hydrogen) atoms. The highest BCUT2D eigenvalue weighted by Gasteiger charge is 2.15. The van der Waals surface area contributed by atoms with Gasteiger partial charge in [-0.05, 0) is 30.8 Å². The van der Waals surface area contributed by atoms with E-state index in [-0.39, 0.29) is 5.03 Å². The van der Waals surface area contributed by atoms with Crippen molar-refractivity contribution in [3.63, 3.8) is 0 Å². The van der Waals surface area contributed by atoms with Gasteiger partial charge in [-0.3, -0.25) is 4.72 Å². The quantitative estimate of drug-likeness (QED) is 0.871. The number of anilines is 1. The lowest BCUT2D eigenvalue weighted by atomic mass is 10.3. The van der Waals surface area contributed by atoms with Gasteiger partial charge in [0.15, 0.2) is 5.03 Å². The van der Waals surface area contributed by atoms with E-state index in [1.54, 1.807) is 36.5 Å². The van der Waals surface area contributed by atoms with Gasteiger partial charge < -0.3 is 5.32 Å². The summed E-state index contributed by atoms with van der Waals surface area (Å²) in [5.74, 6) is 0. The topological polar surface area (TPSA) is 71.1 Å². The van der Waals surface area contributed by atoms with Crippen LogP contribution in [0.5, 0.6) is 0 Å². The Bertz CT molecular complexity index is 625. The first-order chi connectivity index (χ1) is 9.12. The number of pyridine rings is 1. The lowest BCUT2D eigenvalue weighted by Crippen LogP contribution is -2.15. The van der Waals surface area contributed by atoms with Crippen LogP contribution in [0.1, 0.15) is 5.56 Å². The first-order valence-corrected chi connectivity index (χ1v) is 7.27. The van der Waals surface area contributed by atoms with E-state index in [1.165, 1.54) is 6.07 Å². The van der Waals surface area contributed by atoms with Gasteiger partial charge in [-0.1, -0.05) is 24.3 Å². The summed E-state index contributed by atoms with van der Waals surface area (Å²) in [5.41, 5.74) is 1.45. The van der Waals surface area contributed by atoms with Crippen molar-refractivity contribution in [1.82, 2.24) is 10.3 Å². The molecule has 0 saturated heterocycles. The Morgan fingerprint density at radius 3 is 2.42 bits per heavy atom. The van der Waals surface area contributed by atoms with Crippen LogP contribution in [0, 0.1) is 0 Å². The summed E-state index contributed by atoms with van der Waals surface area (Å²) in [6, 6.07) is 12.0. The second-order valence-electron chi connectivity index (χ2n) is 4.01. The molecule has 0 aliphatic heterocycles. The van der Waals surface area contributed by atoms with E-state index in [2.05, 4.69) is 15.0 Å². The van der Waals surface area contributed by atoms with Crippen molar-refractivity contribution in [1.29, 1.82) is 0 Å². The minimum atomic E-state index is -3.63. The highest BCUT2D eigenvalue weighted by atomic mass is 32.2. The molecule has 0 aliphatic carbocycles. The summed E-state index contributed by atoms with van der Waals surface area (Å²) in [6.45, 7) is 0.652.